The first-order chi connectivity index (χ1) is 12.5. The summed E-state index contributed by atoms with van der Waals surface area (Å²) in [5.74, 6) is -0.481. The van der Waals surface area contributed by atoms with Crippen molar-refractivity contribution in [3.05, 3.63) is 28.2 Å². The Hall–Kier alpha value is -0.860. The topological polar surface area (TPSA) is 72.9 Å². The van der Waals surface area contributed by atoms with Crippen molar-refractivity contribution in [3.8, 4) is 0 Å². The predicted molar refractivity (Wildman–Crippen MR) is 105 cm³/mol. The van der Waals surface area contributed by atoms with Gasteiger partial charge in [0.05, 0.1) is 16.7 Å². The van der Waals surface area contributed by atoms with Gasteiger partial charge in [-0.2, -0.15) is 4.31 Å². The second-order valence-electron chi connectivity index (χ2n) is 7.42. The van der Waals surface area contributed by atoms with E-state index in [9.17, 15) is 13.2 Å². The third-order valence-electron chi connectivity index (χ3n) is 4.03. The lowest BCUT2D eigenvalue weighted by molar-refractivity contribution is -0.160. The summed E-state index contributed by atoms with van der Waals surface area (Å²) in [7, 11) is -3.82. The maximum Gasteiger partial charge on any atom is 0.332 e. The Morgan fingerprint density at radius 1 is 1.26 bits per heavy atom. The van der Waals surface area contributed by atoms with E-state index < -0.39 is 21.6 Å². The molecule has 1 aromatic carbocycles. The van der Waals surface area contributed by atoms with Gasteiger partial charge in [0.15, 0.2) is 0 Å². The third-order valence-corrected chi connectivity index (χ3v) is 6.95. The van der Waals surface area contributed by atoms with Crippen molar-refractivity contribution < 1.29 is 22.7 Å². The zero-order valence-corrected chi connectivity index (χ0v) is 18.0. The van der Waals surface area contributed by atoms with Crippen molar-refractivity contribution in [3.63, 3.8) is 0 Å². The van der Waals surface area contributed by atoms with Crippen LogP contribution in [-0.4, -0.2) is 50.1 Å². The van der Waals surface area contributed by atoms with Crippen LogP contribution in [0.5, 0.6) is 0 Å². The summed E-state index contributed by atoms with van der Waals surface area (Å²) in [5.41, 5.74) is -0.593. The van der Waals surface area contributed by atoms with Crippen molar-refractivity contribution in [1.29, 1.82) is 0 Å². The molecule has 1 aromatic rings. The first kappa shape index (κ1) is 22.4. The molecule has 0 amide bonds. The normalized spacial score (nSPS) is 19.1. The van der Waals surface area contributed by atoms with Gasteiger partial charge >= 0.3 is 5.97 Å². The molecule has 1 aliphatic rings. The van der Waals surface area contributed by atoms with Gasteiger partial charge in [0.1, 0.15) is 17.1 Å². The molecule has 0 spiro atoms. The van der Waals surface area contributed by atoms with E-state index >= 15 is 0 Å². The van der Waals surface area contributed by atoms with Crippen LogP contribution in [-0.2, 0) is 24.3 Å². The second-order valence-corrected chi connectivity index (χ2v) is 10.1. The number of piperidine rings is 1. The molecule has 0 radical (unpaired) electrons. The first-order valence-electron chi connectivity index (χ1n) is 8.78. The number of esters is 1. The van der Waals surface area contributed by atoms with E-state index in [0.717, 1.165) is 12.8 Å². The van der Waals surface area contributed by atoms with Crippen LogP contribution in [0.25, 0.3) is 0 Å². The summed E-state index contributed by atoms with van der Waals surface area (Å²) in [4.78, 5) is 11.8. The summed E-state index contributed by atoms with van der Waals surface area (Å²) in [5, 5.41) is 0.200. The van der Waals surface area contributed by atoms with E-state index in [1.807, 2.05) is 0 Å². The van der Waals surface area contributed by atoms with Crippen molar-refractivity contribution >= 4 is 39.2 Å². The number of benzene rings is 1. The Labute approximate surface area is 170 Å². The van der Waals surface area contributed by atoms with Crippen molar-refractivity contribution in [2.75, 3.05) is 19.8 Å². The number of hydrogen-bond acceptors (Lipinski definition) is 5. The Morgan fingerprint density at radius 2 is 1.96 bits per heavy atom. The maximum absolute atomic E-state index is 13.1. The van der Waals surface area contributed by atoms with Crippen LogP contribution in [0, 0.1) is 0 Å². The number of carbonyl (C=O) groups excluding carboxylic acids is 1. The highest BCUT2D eigenvalue weighted by Crippen LogP contribution is 2.33. The maximum atomic E-state index is 13.1. The molecule has 27 heavy (non-hydrogen) atoms. The zero-order valence-electron chi connectivity index (χ0n) is 15.7. The number of rotatable bonds is 6. The number of ether oxygens (including phenoxy) is 2. The van der Waals surface area contributed by atoms with Crippen LogP contribution in [0.3, 0.4) is 0 Å². The zero-order chi connectivity index (χ0) is 20.2. The monoisotopic (exact) mass is 437 g/mol. The summed E-state index contributed by atoms with van der Waals surface area (Å²) < 4.78 is 38.2. The summed E-state index contributed by atoms with van der Waals surface area (Å²) in [6.45, 7) is 5.57. The van der Waals surface area contributed by atoms with Gasteiger partial charge in [-0.15, -0.1) is 0 Å². The predicted octanol–water partition coefficient (Wildman–Crippen LogP) is 3.89. The molecule has 0 unspecified atom stereocenters. The van der Waals surface area contributed by atoms with Crippen LogP contribution >= 0.6 is 23.2 Å². The van der Waals surface area contributed by atoms with Gasteiger partial charge in [-0.25, -0.2) is 13.2 Å². The van der Waals surface area contributed by atoms with Crippen LogP contribution in [0.1, 0.15) is 40.0 Å². The molecule has 0 aliphatic carbocycles. The van der Waals surface area contributed by atoms with E-state index in [-0.39, 0.29) is 34.2 Å². The molecule has 152 valence electrons. The van der Waals surface area contributed by atoms with Crippen molar-refractivity contribution in [2.24, 2.45) is 0 Å². The lowest BCUT2D eigenvalue weighted by Crippen LogP contribution is -2.46. The van der Waals surface area contributed by atoms with E-state index in [1.165, 1.54) is 10.4 Å². The molecule has 1 aliphatic heterocycles. The number of sulfonamides is 1. The highest BCUT2D eigenvalue weighted by Gasteiger charge is 2.35. The van der Waals surface area contributed by atoms with Gasteiger partial charge in [0.25, 0.3) is 0 Å². The fourth-order valence-corrected chi connectivity index (χ4v) is 5.33. The summed E-state index contributed by atoms with van der Waals surface area (Å²) in [6, 6.07) is 4.16. The Morgan fingerprint density at radius 3 is 2.63 bits per heavy atom. The van der Waals surface area contributed by atoms with Gasteiger partial charge in [-0.1, -0.05) is 35.7 Å². The molecule has 1 fully saturated rings. The number of nitrogens with zero attached hydrogens (tertiary/aromatic N) is 1. The third kappa shape index (κ3) is 6.06. The minimum Gasteiger partial charge on any atom is -0.458 e. The molecular formula is C18H25Cl2NO5S. The highest BCUT2D eigenvalue weighted by atomic mass is 35.5. The number of carbonyl (C=O) groups is 1. The Balaban J connectivity index is 2.08. The molecule has 1 heterocycles. The highest BCUT2D eigenvalue weighted by molar-refractivity contribution is 7.89. The van der Waals surface area contributed by atoms with Gasteiger partial charge in [-0.05, 0) is 45.7 Å². The quantitative estimate of drug-likeness (QED) is 0.630. The molecule has 0 bridgehead atoms. The van der Waals surface area contributed by atoms with Gasteiger partial charge in [0.2, 0.25) is 10.0 Å². The van der Waals surface area contributed by atoms with E-state index in [1.54, 1.807) is 32.9 Å². The van der Waals surface area contributed by atoms with Crippen LogP contribution < -0.4 is 0 Å². The standard InChI is InChI=1S/C18H25Cl2NO5S/c1-18(2,3)26-16(22)12-25-11-13-7-4-5-10-21(13)27(23,24)15-9-6-8-14(19)17(15)20/h6,8-9,13H,4-5,7,10-12H2,1-3H3/t13-/m1/s1. The largest absolute Gasteiger partial charge is 0.458 e. The average molecular weight is 438 g/mol. The second kappa shape index (κ2) is 9.09. The first-order valence-corrected chi connectivity index (χ1v) is 11.0. The molecule has 0 N–H and O–H groups in total. The average Bonchev–Trinajstić information content (AvgIpc) is 2.56. The molecular weight excluding hydrogens is 413 g/mol. The van der Waals surface area contributed by atoms with Gasteiger partial charge < -0.3 is 9.47 Å². The van der Waals surface area contributed by atoms with Crippen LogP contribution in [0.15, 0.2) is 23.1 Å². The fraction of sp³-hybridized carbons (Fsp3) is 0.611. The molecule has 9 heteroatoms. The van der Waals surface area contributed by atoms with E-state index in [0.29, 0.717) is 13.0 Å². The SMILES string of the molecule is CC(C)(C)OC(=O)COC[C@H]1CCCCN1S(=O)(=O)c1cccc(Cl)c1Cl. The fourth-order valence-electron chi connectivity index (χ4n) is 2.92. The lowest BCUT2D eigenvalue weighted by Gasteiger charge is -2.34. The van der Waals surface area contributed by atoms with Gasteiger partial charge in [0, 0.05) is 12.6 Å². The summed E-state index contributed by atoms with van der Waals surface area (Å²) >= 11 is 12.1. The van der Waals surface area contributed by atoms with E-state index in [4.69, 9.17) is 32.7 Å². The van der Waals surface area contributed by atoms with Crippen LogP contribution in [0.2, 0.25) is 10.0 Å². The Kier molecular flexibility index (Phi) is 7.55. The van der Waals surface area contributed by atoms with Crippen molar-refractivity contribution in [1.82, 2.24) is 4.31 Å². The van der Waals surface area contributed by atoms with Crippen molar-refractivity contribution in [2.45, 2.75) is 56.6 Å². The minimum atomic E-state index is -3.82. The molecule has 1 atom stereocenters. The smallest absolute Gasteiger partial charge is 0.332 e. The van der Waals surface area contributed by atoms with Crippen LogP contribution in [0.4, 0.5) is 0 Å². The lowest BCUT2D eigenvalue weighted by atomic mass is 10.1. The molecule has 6 nitrogen and oxygen atoms in total. The molecule has 1 saturated heterocycles. The van der Waals surface area contributed by atoms with Gasteiger partial charge in [-0.3, -0.25) is 0 Å². The molecule has 0 aromatic heterocycles. The van der Waals surface area contributed by atoms with E-state index in [2.05, 4.69) is 0 Å². The Bertz CT molecular complexity index is 776. The molecule has 2 rings (SSSR count). The number of hydrogen-bond donors (Lipinski definition) is 0. The number of halogens is 2. The summed E-state index contributed by atoms with van der Waals surface area (Å²) in [6.07, 6.45) is 2.28. The minimum absolute atomic E-state index is 0.0122. The molecule has 0 saturated carbocycles.